The molecule has 0 amide bonds. The van der Waals surface area contributed by atoms with Gasteiger partial charge in [-0.05, 0) is 54.8 Å². The Balaban J connectivity index is 2.83. The van der Waals surface area contributed by atoms with E-state index in [0.29, 0.717) is 0 Å². The molecule has 1 rings (SSSR count). The number of nitrogens with zero attached hydrogens (tertiary/aromatic N) is 1. The predicted octanol–water partition coefficient (Wildman–Crippen LogP) is 3.74. The van der Waals surface area contributed by atoms with E-state index in [9.17, 15) is 4.55 Å². The highest BCUT2D eigenvalue weighted by atomic mass is 79.9. The van der Waals surface area contributed by atoms with Crippen LogP contribution in [0.15, 0.2) is 22.9 Å². The highest BCUT2D eigenvalue weighted by molar-refractivity contribution is 9.10. The summed E-state index contributed by atoms with van der Waals surface area (Å²) in [5, 5.41) is 0. The first kappa shape index (κ1) is 16.0. The number of pyridine rings is 1. The Bertz CT molecular complexity index is 381. The lowest BCUT2D eigenvalue weighted by molar-refractivity contribution is 0.508. The zero-order valence-corrected chi connectivity index (χ0v) is 13.8. The van der Waals surface area contributed by atoms with Gasteiger partial charge in [0.15, 0.2) is 0 Å². The monoisotopic (exact) mass is 332 g/mol. The van der Waals surface area contributed by atoms with Gasteiger partial charge in [-0.2, -0.15) is 0 Å². The normalized spacial score (nSPS) is 15.4. The average Bonchev–Trinajstić information content (AvgIpc) is 2.27. The largest absolute Gasteiger partial charge is 0.598 e. The summed E-state index contributed by atoms with van der Waals surface area (Å²) in [5.74, 6) is 0. The van der Waals surface area contributed by atoms with Crippen molar-refractivity contribution in [3.63, 3.8) is 0 Å². The van der Waals surface area contributed by atoms with Gasteiger partial charge in [0.25, 0.3) is 0 Å². The van der Waals surface area contributed by atoms with Crippen molar-refractivity contribution in [1.82, 2.24) is 9.71 Å². The molecule has 0 saturated heterocycles. The van der Waals surface area contributed by atoms with Crippen molar-refractivity contribution in [3.05, 3.63) is 28.5 Å². The summed E-state index contributed by atoms with van der Waals surface area (Å²) >= 11 is 2.35. The molecular weight excluding hydrogens is 312 g/mol. The predicted molar refractivity (Wildman–Crippen MR) is 80.6 cm³/mol. The quantitative estimate of drug-likeness (QED) is 0.835. The number of halogens is 1. The van der Waals surface area contributed by atoms with Gasteiger partial charge in [-0.1, -0.05) is 13.3 Å². The van der Waals surface area contributed by atoms with Crippen LogP contribution in [-0.2, 0) is 11.4 Å². The van der Waals surface area contributed by atoms with E-state index in [1.54, 1.807) is 6.20 Å². The van der Waals surface area contributed by atoms with Crippen molar-refractivity contribution in [3.8, 4) is 0 Å². The van der Waals surface area contributed by atoms with Gasteiger partial charge in [-0.15, -0.1) is 4.72 Å². The maximum absolute atomic E-state index is 12.2. The molecule has 1 N–H and O–H groups in total. The molecule has 0 saturated carbocycles. The Morgan fingerprint density at radius 2 is 2.11 bits per heavy atom. The van der Waals surface area contributed by atoms with Gasteiger partial charge in [0.1, 0.15) is 4.75 Å². The molecule has 0 spiro atoms. The van der Waals surface area contributed by atoms with E-state index in [2.05, 4.69) is 32.6 Å². The molecule has 1 aromatic heterocycles. The lowest BCUT2D eigenvalue weighted by Gasteiger charge is -2.28. The Hall–Kier alpha value is -0.100. The zero-order chi connectivity index (χ0) is 13.8. The van der Waals surface area contributed by atoms with Crippen molar-refractivity contribution >= 4 is 27.3 Å². The standard InChI is InChI=1S/C13H21BrN2OS/c1-5-6-12(16-18(17)13(2,3)4)10-7-11(14)9-15-8-10/h7-9,12,16H,5-6H2,1-4H3. The molecule has 2 unspecified atom stereocenters. The third kappa shape index (κ3) is 4.88. The van der Waals surface area contributed by atoms with E-state index in [4.69, 9.17) is 0 Å². The molecule has 5 heteroatoms. The highest BCUT2D eigenvalue weighted by Gasteiger charge is 2.29. The van der Waals surface area contributed by atoms with Gasteiger partial charge in [0.2, 0.25) is 0 Å². The van der Waals surface area contributed by atoms with Gasteiger partial charge >= 0.3 is 0 Å². The molecule has 18 heavy (non-hydrogen) atoms. The molecule has 102 valence electrons. The Labute approximate surface area is 121 Å². The number of nitrogens with one attached hydrogen (secondary N) is 1. The van der Waals surface area contributed by atoms with E-state index >= 15 is 0 Å². The fourth-order valence-electron chi connectivity index (χ4n) is 1.51. The second-order valence-electron chi connectivity index (χ2n) is 5.28. The summed E-state index contributed by atoms with van der Waals surface area (Å²) in [6.07, 6.45) is 5.57. The summed E-state index contributed by atoms with van der Waals surface area (Å²) in [6.45, 7) is 8.04. The minimum atomic E-state index is -1.07. The minimum absolute atomic E-state index is 0.0834. The van der Waals surface area contributed by atoms with Crippen LogP contribution in [-0.4, -0.2) is 14.3 Å². The summed E-state index contributed by atoms with van der Waals surface area (Å²) in [4.78, 5) is 4.17. The Kier molecular flexibility index (Phi) is 6.11. The Morgan fingerprint density at radius 1 is 1.44 bits per heavy atom. The lowest BCUT2D eigenvalue weighted by atomic mass is 10.1. The van der Waals surface area contributed by atoms with Crippen LogP contribution in [0, 0.1) is 0 Å². The fourth-order valence-corrected chi connectivity index (χ4v) is 2.76. The summed E-state index contributed by atoms with van der Waals surface area (Å²) in [7, 11) is 0. The van der Waals surface area contributed by atoms with E-state index in [1.807, 2.05) is 33.0 Å². The van der Waals surface area contributed by atoms with E-state index < -0.39 is 11.4 Å². The smallest absolute Gasteiger partial charge is 0.136 e. The van der Waals surface area contributed by atoms with Gasteiger partial charge in [0.05, 0.1) is 6.04 Å². The first-order valence-corrected chi connectivity index (χ1v) is 8.07. The number of rotatable bonds is 5. The van der Waals surface area contributed by atoms with Crippen LogP contribution in [0.1, 0.15) is 52.1 Å². The molecule has 0 aliphatic heterocycles. The van der Waals surface area contributed by atoms with Crippen LogP contribution in [0.3, 0.4) is 0 Å². The van der Waals surface area contributed by atoms with E-state index in [1.165, 1.54) is 0 Å². The number of hydrogen-bond acceptors (Lipinski definition) is 3. The van der Waals surface area contributed by atoms with Crippen molar-refractivity contribution < 1.29 is 4.55 Å². The summed E-state index contributed by atoms with van der Waals surface area (Å²) in [6, 6.07) is 2.11. The maximum Gasteiger partial charge on any atom is 0.136 e. The van der Waals surface area contributed by atoms with Gasteiger partial charge in [0, 0.05) is 28.2 Å². The van der Waals surface area contributed by atoms with Crippen LogP contribution in [0.25, 0.3) is 0 Å². The van der Waals surface area contributed by atoms with Crippen LogP contribution in [0.4, 0.5) is 0 Å². The fraction of sp³-hybridized carbons (Fsp3) is 0.615. The van der Waals surface area contributed by atoms with Crippen molar-refractivity contribution in [1.29, 1.82) is 0 Å². The maximum atomic E-state index is 12.2. The second kappa shape index (κ2) is 6.89. The topological polar surface area (TPSA) is 48.0 Å². The van der Waals surface area contributed by atoms with Crippen LogP contribution in [0.2, 0.25) is 0 Å². The molecule has 0 aliphatic rings. The molecule has 2 atom stereocenters. The molecule has 0 aromatic carbocycles. The minimum Gasteiger partial charge on any atom is -0.598 e. The lowest BCUT2D eigenvalue weighted by Crippen LogP contribution is -2.41. The van der Waals surface area contributed by atoms with Crippen molar-refractivity contribution in [2.45, 2.75) is 51.3 Å². The van der Waals surface area contributed by atoms with E-state index in [0.717, 1.165) is 22.9 Å². The van der Waals surface area contributed by atoms with Crippen LogP contribution >= 0.6 is 15.9 Å². The SMILES string of the molecule is CCCC(N[S+]([O-])C(C)(C)C)c1cncc(Br)c1. The first-order valence-electron chi connectivity index (χ1n) is 6.13. The van der Waals surface area contributed by atoms with Crippen LogP contribution < -0.4 is 4.72 Å². The molecular formula is C13H21BrN2OS. The molecule has 0 radical (unpaired) electrons. The Morgan fingerprint density at radius 3 is 2.61 bits per heavy atom. The third-order valence-electron chi connectivity index (χ3n) is 2.51. The molecule has 0 bridgehead atoms. The zero-order valence-electron chi connectivity index (χ0n) is 11.4. The molecule has 1 heterocycles. The van der Waals surface area contributed by atoms with Crippen molar-refractivity contribution in [2.24, 2.45) is 0 Å². The van der Waals surface area contributed by atoms with Crippen LogP contribution in [0.5, 0.6) is 0 Å². The van der Waals surface area contributed by atoms with Gasteiger partial charge in [-0.25, -0.2) is 0 Å². The summed E-state index contributed by atoms with van der Waals surface area (Å²) in [5.41, 5.74) is 1.07. The van der Waals surface area contributed by atoms with Gasteiger partial charge in [-0.3, -0.25) is 4.98 Å². The summed E-state index contributed by atoms with van der Waals surface area (Å²) < 4.78 is 16.1. The van der Waals surface area contributed by atoms with E-state index in [-0.39, 0.29) is 10.8 Å². The average molecular weight is 333 g/mol. The number of hydrogen-bond donors (Lipinski definition) is 1. The van der Waals surface area contributed by atoms with Crippen molar-refractivity contribution in [2.75, 3.05) is 0 Å². The second-order valence-corrected chi connectivity index (χ2v) is 8.19. The molecule has 0 fully saturated rings. The molecule has 0 aliphatic carbocycles. The first-order chi connectivity index (χ1) is 8.34. The number of aromatic nitrogens is 1. The highest BCUT2D eigenvalue weighted by Crippen LogP contribution is 2.24. The van der Waals surface area contributed by atoms with Gasteiger partial charge < -0.3 is 4.55 Å². The molecule has 1 aromatic rings. The third-order valence-corrected chi connectivity index (χ3v) is 4.56. The molecule has 3 nitrogen and oxygen atoms in total.